The Kier molecular flexibility index (Phi) is 2.14. The summed E-state index contributed by atoms with van der Waals surface area (Å²) in [5, 5.41) is 0. The summed E-state index contributed by atoms with van der Waals surface area (Å²) < 4.78 is 12.8. The largest absolute Gasteiger partial charge is 0.337 e. The molecule has 3 nitrogen and oxygen atoms in total. The van der Waals surface area contributed by atoms with Crippen LogP contribution in [0.3, 0.4) is 0 Å². The molecule has 0 bridgehead atoms. The molecule has 84 valence electrons. The monoisotopic (exact) mass is 227 g/mol. The van der Waals surface area contributed by atoms with E-state index >= 15 is 0 Å². The number of para-hydroxylation sites is 1. The van der Waals surface area contributed by atoms with Crippen LogP contribution in [0.1, 0.15) is 5.56 Å². The van der Waals surface area contributed by atoms with Crippen molar-refractivity contribution < 1.29 is 4.39 Å². The van der Waals surface area contributed by atoms with Crippen molar-refractivity contribution in [1.82, 2.24) is 15.0 Å². The van der Waals surface area contributed by atoms with Gasteiger partial charge in [0, 0.05) is 0 Å². The van der Waals surface area contributed by atoms with Gasteiger partial charge in [-0.3, -0.25) is 0 Å². The number of aromatic nitrogens is 3. The molecule has 0 atom stereocenters. The second-order valence-corrected chi connectivity index (χ2v) is 3.92. The SMILES string of the molecule is Cc1cccc2[nH]c(-c3ccc(F)cn3)nc12. The maximum absolute atomic E-state index is 12.8. The normalized spacial score (nSPS) is 10.9. The maximum Gasteiger partial charge on any atom is 0.157 e. The van der Waals surface area contributed by atoms with Crippen LogP contribution in [0.4, 0.5) is 4.39 Å². The highest BCUT2D eigenvalue weighted by Gasteiger charge is 2.07. The summed E-state index contributed by atoms with van der Waals surface area (Å²) in [6.45, 7) is 2.01. The van der Waals surface area contributed by atoms with Crippen molar-refractivity contribution in [3.8, 4) is 11.5 Å². The van der Waals surface area contributed by atoms with Crippen LogP contribution >= 0.6 is 0 Å². The van der Waals surface area contributed by atoms with Crippen LogP contribution in [0.25, 0.3) is 22.6 Å². The lowest BCUT2D eigenvalue weighted by Gasteiger charge is -1.93. The number of imidazole rings is 1. The number of pyridine rings is 1. The maximum atomic E-state index is 12.8. The molecule has 1 N–H and O–H groups in total. The van der Waals surface area contributed by atoms with Gasteiger partial charge >= 0.3 is 0 Å². The number of nitrogens with one attached hydrogen (secondary N) is 1. The molecule has 0 amide bonds. The number of nitrogens with zero attached hydrogens (tertiary/aromatic N) is 2. The lowest BCUT2D eigenvalue weighted by atomic mass is 10.2. The number of aryl methyl sites for hydroxylation is 1. The molecule has 0 aliphatic carbocycles. The lowest BCUT2D eigenvalue weighted by Crippen LogP contribution is -1.86. The minimum absolute atomic E-state index is 0.346. The fraction of sp³-hybridized carbons (Fsp3) is 0.0769. The first kappa shape index (κ1) is 9.96. The molecule has 0 unspecified atom stereocenters. The highest BCUT2D eigenvalue weighted by atomic mass is 19.1. The second-order valence-electron chi connectivity index (χ2n) is 3.92. The lowest BCUT2D eigenvalue weighted by molar-refractivity contribution is 0.621. The first-order valence-corrected chi connectivity index (χ1v) is 5.31. The number of hydrogen-bond acceptors (Lipinski definition) is 2. The van der Waals surface area contributed by atoms with Crippen molar-refractivity contribution in [3.63, 3.8) is 0 Å². The van der Waals surface area contributed by atoms with E-state index in [1.807, 2.05) is 25.1 Å². The highest BCUT2D eigenvalue weighted by Crippen LogP contribution is 2.20. The fourth-order valence-corrected chi connectivity index (χ4v) is 1.81. The van der Waals surface area contributed by atoms with E-state index < -0.39 is 0 Å². The van der Waals surface area contributed by atoms with E-state index in [1.165, 1.54) is 12.3 Å². The molecule has 0 spiro atoms. The molecule has 0 aliphatic heterocycles. The molecule has 0 saturated heterocycles. The number of benzene rings is 1. The zero-order valence-corrected chi connectivity index (χ0v) is 9.24. The van der Waals surface area contributed by atoms with Gasteiger partial charge in [-0.15, -0.1) is 0 Å². The van der Waals surface area contributed by atoms with Gasteiger partial charge < -0.3 is 4.98 Å². The van der Waals surface area contributed by atoms with E-state index in [0.29, 0.717) is 11.5 Å². The molecule has 0 saturated carbocycles. The fourth-order valence-electron chi connectivity index (χ4n) is 1.81. The number of hydrogen-bond donors (Lipinski definition) is 1. The summed E-state index contributed by atoms with van der Waals surface area (Å²) in [5.41, 5.74) is 3.63. The third-order valence-corrected chi connectivity index (χ3v) is 2.68. The van der Waals surface area contributed by atoms with Crippen LogP contribution in [0, 0.1) is 12.7 Å². The predicted molar refractivity (Wildman–Crippen MR) is 64.0 cm³/mol. The van der Waals surface area contributed by atoms with E-state index in [4.69, 9.17) is 0 Å². The zero-order chi connectivity index (χ0) is 11.8. The van der Waals surface area contributed by atoms with E-state index in [1.54, 1.807) is 6.07 Å². The van der Waals surface area contributed by atoms with Crippen LogP contribution in [-0.2, 0) is 0 Å². The van der Waals surface area contributed by atoms with Gasteiger partial charge in [0.15, 0.2) is 5.82 Å². The average molecular weight is 227 g/mol. The Bertz CT molecular complexity index is 671. The van der Waals surface area contributed by atoms with Crippen molar-refractivity contribution in [1.29, 1.82) is 0 Å². The first-order chi connectivity index (χ1) is 8.24. The van der Waals surface area contributed by atoms with Crippen molar-refractivity contribution in [2.45, 2.75) is 6.92 Å². The second kappa shape index (κ2) is 3.66. The number of halogens is 1. The van der Waals surface area contributed by atoms with Crippen LogP contribution < -0.4 is 0 Å². The van der Waals surface area contributed by atoms with Crippen LogP contribution in [0.2, 0.25) is 0 Å². The van der Waals surface area contributed by atoms with Gasteiger partial charge in [-0.05, 0) is 30.7 Å². The molecule has 2 aromatic heterocycles. The molecule has 0 radical (unpaired) electrons. The third kappa shape index (κ3) is 1.67. The van der Waals surface area contributed by atoms with E-state index in [2.05, 4.69) is 15.0 Å². The van der Waals surface area contributed by atoms with Gasteiger partial charge in [-0.1, -0.05) is 12.1 Å². The zero-order valence-electron chi connectivity index (χ0n) is 9.24. The van der Waals surface area contributed by atoms with E-state index in [-0.39, 0.29) is 5.82 Å². The number of rotatable bonds is 1. The van der Waals surface area contributed by atoms with Crippen molar-refractivity contribution in [3.05, 3.63) is 47.9 Å². The molecule has 17 heavy (non-hydrogen) atoms. The molecular weight excluding hydrogens is 217 g/mol. The quantitative estimate of drug-likeness (QED) is 0.694. The summed E-state index contributed by atoms with van der Waals surface area (Å²) >= 11 is 0. The molecule has 3 rings (SSSR count). The van der Waals surface area contributed by atoms with Gasteiger partial charge in [0.05, 0.1) is 17.2 Å². The molecule has 4 heteroatoms. The third-order valence-electron chi connectivity index (χ3n) is 2.68. The van der Waals surface area contributed by atoms with Crippen LogP contribution in [-0.4, -0.2) is 15.0 Å². The Balaban J connectivity index is 2.18. The Hall–Kier alpha value is -2.23. The average Bonchev–Trinajstić information content (AvgIpc) is 2.75. The summed E-state index contributed by atoms with van der Waals surface area (Å²) in [6, 6.07) is 8.93. The topological polar surface area (TPSA) is 41.6 Å². The minimum atomic E-state index is -0.346. The Labute approximate surface area is 97.3 Å². The Morgan fingerprint density at radius 2 is 2.06 bits per heavy atom. The molecule has 0 aliphatic rings. The van der Waals surface area contributed by atoms with Crippen molar-refractivity contribution in [2.24, 2.45) is 0 Å². The van der Waals surface area contributed by atoms with Crippen LogP contribution in [0.5, 0.6) is 0 Å². The number of H-pyrrole nitrogens is 1. The minimum Gasteiger partial charge on any atom is -0.337 e. The number of fused-ring (bicyclic) bond motifs is 1. The molecule has 1 aromatic carbocycles. The standard InChI is InChI=1S/C13H10FN3/c1-8-3-2-4-10-12(8)17-13(16-10)11-6-5-9(14)7-15-11/h2-7H,1H3,(H,16,17). The Morgan fingerprint density at radius 3 is 2.76 bits per heavy atom. The molecule has 2 heterocycles. The molecular formula is C13H10FN3. The van der Waals surface area contributed by atoms with Crippen molar-refractivity contribution >= 4 is 11.0 Å². The Morgan fingerprint density at radius 1 is 1.18 bits per heavy atom. The highest BCUT2D eigenvalue weighted by molar-refractivity contribution is 5.81. The summed E-state index contributed by atoms with van der Waals surface area (Å²) in [5.74, 6) is 0.315. The van der Waals surface area contributed by atoms with Gasteiger partial charge in [0.2, 0.25) is 0 Å². The predicted octanol–water partition coefficient (Wildman–Crippen LogP) is 3.07. The van der Waals surface area contributed by atoms with Gasteiger partial charge in [-0.2, -0.15) is 0 Å². The smallest absolute Gasteiger partial charge is 0.157 e. The summed E-state index contributed by atoms with van der Waals surface area (Å²) in [6.07, 6.45) is 1.19. The van der Waals surface area contributed by atoms with Gasteiger partial charge in [0.1, 0.15) is 11.5 Å². The van der Waals surface area contributed by atoms with E-state index in [0.717, 1.165) is 16.6 Å². The summed E-state index contributed by atoms with van der Waals surface area (Å²) in [7, 11) is 0. The molecule has 0 fully saturated rings. The van der Waals surface area contributed by atoms with Crippen LogP contribution in [0.15, 0.2) is 36.5 Å². The van der Waals surface area contributed by atoms with Gasteiger partial charge in [0.25, 0.3) is 0 Å². The van der Waals surface area contributed by atoms with Crippen molar-refractivity contribution in [2.75, 3.05) is 0 Å². The van der Waals surface area contributed by atoms with Gasteiger partial charge in [-0.25, -0.2) is 14.4 Å². The van der Waals surface area contributed by atoms with E-state index in [9.17, 15) is 4.39 Å². The molecule has 3 aromatic rings. The first-order valence-electron chi connectivity index (χ1n) is 5.31. The number of aromatic amines is 1. The summed E-state index contributed by atoms with van der Waals surface area (Å²) in [4.78, 5) is 11.7.